The summed E-state index contributed by atoms with van der Waals surface area (Å²) in [4.78, 5) is 12.9. The molecule has 4 rings (SSSR count). The van der Waals surface area contributed by atoms with Crippen molar-refractivity contribution in [2.24, 2.45) is 0 Å². The summed E-state index contributed by atoms with van der Waals surface area (Å²) in [6, 6.07) is 8.23. The van der Waals surface area contributed by atoms with Crippen molar-refractivity contribution in [3.05, 3.63) is 62.7 Å². The van der Waals surface area contributed by atoms with Crippen LogP contribution in [0.15, 0.2) is 33.5 Å². The largest absolute Gasteiger partial charge is 0.507 e. The zero-order chi connectivity index (χ0) is 19.7. The van der Waals surface area contributed by atoms with Gasteiger partial charge in [0.1, 0.15) is 11.5 Å². The van der Waals surface area contributed by atoms with Gasteiger partial charge in [-0.05, 0) is 62.5 Å². The summed E-state index contributed by atoms with van der Waals surface area (Å²) >= 11 is 0. The maximum absolute atomic E-state index is 12.9. The molecular formula is C24H30O4. The lowest BCUT2D eigenvalue weighted by atomic mass is 9.85. The van der Waals surface area contributed by atoms with Crippen molar-refractivity contribution in [3.63, 3.8) is 0 Å². The van der Waals surface area contributed by atoms with Crippen LogP contribution >= 0.6 is 0 Å². The smallest absolute Gasteiger partial charge is 0.343 e. The molecule has 0 saturated heterocycles. The quantitative estimate of drug-likeness (QED) is 0.780. The molecule has 2 unspecified atom stereocenters. The second kappa shape index (κ2) is 8.12. The van der Waals surface area contributed by atoms with E-state index in [2.05, 4.69) is 12.1 Å². The summed E-state index contributed by atoms with van der Waals surface area (Å²) in [5.74, 6) is 1.29. The van der Waals surface area contributed by atoms with Gasteiger partial charge < -0.3 is 14.6 Å². The molecule has 2 aliphatic carbocycles. The molecule has 150 valence electrons. The first-order valence-electron chi connectivity index (χ1n) is 10.7. The Morgan fingerprint density at radius 2 is 1.93 bits per heavy atom. The van der Waals surface area contributed by atoms with Crippen LogP contribution < -0.4 is 5.63 Å². The molecule has 2 N–H and O–H groups in total. The van der Waals surface area contributed by atoms with Crippen molar-refractivity contribution in [1.29, 1.82) is 0 Å². The number of aliphatic hydroxyl groups excluding tert-OH is 1. The van der Waals surface area contributed by atoms with Gasteiger partial charge in [0.15, 0.2) is 0 Å². The Balaban J connectivity index is 1.74. The monoisotopic (exact) mass is 382 g/mol. The van der Waals surface area contributed by atoms with E-state index in [1.807, 2.05) is 12.1 Å². The van der Waals surface area contributed by atoms with Gasteiger partial charge in [-0.15, -0.1) is 0 Å². The zero-order valence-corrected chi connectivity index (χ0v) is 16.6. The Morgan fingerprint density at radius 3 is 2.68 bits per heavy atom. The minimum atomic E-state index is -0.463. The molecule has 1 heterocycles. The molecule has 2 aromatic rings. The van der Waals surface area contributed by atoms with Crippen LogP contribution in [0.5, 0.6) is 5.75 Å². The third kappa shape index (κ3) is 4.02. The van der Waals surface area contributed by atoms with Gasteiger partial charge >= 0.3 is 5.63 Å². The van der Waals surface area contributed by atoms with Crippen molar-refractivity contribution in [3.8, 4) is 5.75 Å². The van der Waals surface area contributed by atoms with Crippen LogP contribution in [0.25, 0.3) is 0 Å². The minimum Gasteiger partial charge on any atom is -0.507 e. The summed E-state index contributed by atoms with van der Waals surface area (Å²) < 4.78 is 5.82. The number of aliphatic hydroxyl groups is 1. The van der Waals surface area contributed by atoms with Gasteiger partial charge in [-0.25, -0.2) is 4.79 Å². The molecule has 1 aromatic carbocycles. The summed E-state index contributed by atoms with van der Waals surface area (Å²) in [6.45, 7) is 1.76. The lowest BCUT2D eigenvalue weighted by Gasteiger charge is -2.24. The maximum Gasteiger partial charge on any atom is 0.343 e. The third-order valence-electron chi connectivity index (χ3n) is 6.23. The van der Waals surface area contributed by atoms with Crippen LogP contribution in [0, 0.1) is 0 Å². The molecule has 1 fully saturated rings. The topological polar surface area (TPSA) is 70.7 Å². The van der Waals surface area contributed by atoms with E-state index in [4.69, 9.17) is 4.42 Å². The number of rotatable bonds is 5. The molecule has 0 amide bonds. The Morgan fingerprint density at radius 1 is 1.14 bits per heavy atom. The fraction of sp³-hybridized carbons (Fsp3) is 0.542. The molecule has 1 saturated carbocycles. The van der Waals surface area contributed by atoms with Crippen LogP contribution in [0.2, 0.25) is 0 Å². The van der Waals surface area contributed by atoms with Crippen molar-refractivity contribution in [2.45, 2.75) is 82.7 Å². The van der Waals surface area contributed by atoms with Crippen molar-refractivity contribution in [2.75, 3.05) is 0 Å². The molecule has 2 aliphatic rings. The van der Waals surface area contributed by atoms with Gasteiger partial charge in [0.25, 0.3) is 0 Å². The lowest BCUT2D eigenvalue weighted by molar-refractivity contribution is 0.164. The van der Waals surface area contributed by atoms with E-state index >= 15 is 0 Å². The van der Waals surface area contributed by atoms with Gasteiger partial charge in [0.05, 0.1) is 11.7 Å². The zero-order valence-electron chi connectivity index (χ0n) is 16.6. The number of aromatic hydroxyl groups is 1. The molecule has 4 heteroatoms. The van der Waals surface area contributed by atoms with Crippen LogP contribution in [0.3, 0.4) is 0 Å². The second-order valence-electron chi connectivity index (χ2n) is 8.59. The first-order valence-corrected chi connectivity index (χ1v) is 10.7. The van der Waals surface area contributed by atoms with Gasteiger partial charge in [-0.2, -0.15) is 0 Å². The Hall–Kier alpha value is -2.07. The van der Waals surface area contributed by atoms with E-state index in [0.717, 1.165) is 43.2 Å². The van der Waals surface area contributed by atoms with E-state index < -0.39 is 11.7 Å². The standard InChI is InChI=1S/C24H30O4/c1-15(25)13-18-8-3-2-4-10-20-22(26)21(24(27)28-23(18)20)14-17-7-5-6-9-19(17)16-11-12-16/h5-7,9,15-16,18,25-26H,2-4,8,10-14H2,1H3. The summed E-state index contributed by atoms with van der Waals surface area (Å²) in [5.41, 5.74) is 3.13. The van der Waals surface area contributed by atoms with E-state index in [1.165, 1.54) is 18.4 Å². The van der Waals surface area contributed by atoms with Crippen molar-refractivity contribution in [1.82, 2.24) is 0 Å². The minimum absolute atomic E-state index is 0.0123. The molecule has 0 spiro atoms. The first kappa shape index (κ1) is 19.3. The Labute approximate surface area is 166 Å². The molecule has 4 nitrogen and oxygen atoms in total. The molecular weight excluding hydrogens is 352 g/mol. The van der Waals surface area contributed by atoms with Crippen LogP contribution in [-0.2, 0) is 12.8 Å². The van der Waals surface area contributed by atoms with Crippen molar-refractivity contribution >= 4 is 0 Å². The third-order valence-corrected chi connectivity index (χ3v) is 6.23. The summed E-state index contributed by atoms with van der Waals surface area (Å²) in [7, 11) is 0. The van der Waals surface area contributed by atoms with E-state index in [9.17, 15) is 15.0 Å². The summed E-state index contributed by atoms with van der Waals surface area (Å²) in [5, 5.41) is 21.0. The second-order valence-corrected chi connectivity index (χ2v) is 8.59. The highest BCUT2D eigenvalue weighted by Gasteiger charge is 2.29. The van der Waals surface area contributed by atoms with Gasteiger partial charge in [-0.1, -0.05) is 37.1 Å². The average Bonchev–Trinajstić information content (AvgIpc) is 3.48. The van der Waals surface area contributed by atoms with E-state index in [0.29, 0.717) is 30.1 Å². The highest BCUT2D eigenvalue weighted by molar-refractivity contribution is 5.46. The summed E-state index contributed by atoms with van der Waals surface area (Å²) in [6.07, 6.45) is 7.62. The number of hydrogen-bond donors (Lipinski definition) is 2. The van der Waals surface area contributed by atoms with Crippen LogP contribution in [-0.4, -0.2) is 16.3 Å². The maximum atomic E-state index is 12.9. The van der Waals surface area contributed by atoms with Crippen LogP contribution in [0.4, 0.5) is 0 Å². The number of hydrogen-bond acceptors (Lipinski definition) is 4. The fourth-order valence-corrected chi connectivity index (χ4v) is 4.66. The average molecular weight is 383 g/mol. The van der Waals surface area contributed by atoms with Gasteiger partial charge in [0, 0.05) is 17.9 Å². The molecule has 1 aromatic heterocycles. The predicted octanol–water partition coefficient (Wildman–Crippen LogP) is 4.78. The molecule has 0 bridgehead atoms. The molecule has 0 aliphatic heterocycles. The first-order chi connectivity index (χ1) is 13.5. The normalized spacial score (nSPS) is 20.9. The highest BCUT2D eigenvalue weighted by atomic mass is 16.4. The number of fused-ring (bicyclic) bond motifs is 1. The molecule has 0 radical (unpaired) electrons. The van der Waals surface area contributed by atoms with E-state index in [-0.39, 0.29) is 11.7 Å². The van der Waals surface area contributed by atoms with Crippen molar-refractivity contribution < 1.29 is 14.6 Å². The molecule has 2 atom stereocenters. The Kier molecular flexibility index (Phi) is 5.58. The Bertz CT molecular complexity index is 892. The highest BCUT2D eigenvalue weighted by Crippen LogP contribution is 2.43. The van der Waals surface area contributed by atoms with Crippen LogP contribution in [0.1, 0.15) is 91.7 Å². The van der Waals surface area contributed by atoms with Gasteiger partial charge in [-0.3, -0.25) is 0 Å². The molecule has 28 heavy (non-hydrogen) atoms. The van der Waals surface area contributed by atoms with E-state index in [1.54, 1.807) is 6.92 Å². The SMILES string of the molecule is CC(O)CC1CCCCCc2c1oc(=O)c(Cc1ccccc1C1CC1)c2O. The predicted molar refractivity (Wildman–Crippen MR) is 109 cm³/mol. The number of benzene rings is 1. The lowest BCUT2D eigenvalue weighted by Crippen LogP contribution is -2.18. The fourth-order valence-electron chi connectivity index (χ4n) is 4.66. The van der Waals surface area contributed by atoms with Gasteiger partial charge in [0.2, 0.25) is 0 Å².